The van der Waals surface area contributed by atoms with E-state index in [9.17, 15) is 9.59 Å². The van der Waals surface area contributed by atoms with Gasteiger partial charge in [0.1, 0.15) is 18.1 Å². The maximum atomic E-state index is 12.6. The van der Waals surface area contributed by atoms with Crippen LogP contribution in [0.5, 0.6) is 0 Å². The van der Waals surface area contributed by atoms with Gasteiger partial charge in [-0.25, -0.2) is 4.79 Å². The molecule has 0 aliphatic carbocycles. The summed E-state index contributed by atoms with van der Waals surface area (Å²) >= 11 is 1.49. The number of nitrogens with one attached hydrogen (secondary N) is 2. The van der Waals surface area contributed by atoms with Crippen LogP contribution in [0.25, 0.3) is 0 Å². The zero-order valence-corrected chi connectivity index (χ0v) is 17.1. The molecule has 29 heavy (non-hydrogen) atoms. The zero-order valence-electron chi connectivity index (χ0n) is 16.2. The average Bonchev–Trinajstić information content (AvgIpc) is 3.11. The van der Waals surface area contributed by atoms with Gasteiger partial charge in [-0.1, -0.05) is 48.5 Å². The molecule has 6 heteroatoms. The van der Waals surface area contributed by atoms with Crippen molar-refractivity contribution in [1.29, 1.82) is 0 Å². The predicted octanol–water partition coefficient (Wildman–Crippen LogP) is 2.93. The number of amides is 1. The van der Waals surface area contributed by atoms with E-state index in [1.165, 1.54) is 28.9 Å². The molecule has 1 aliphatic rings. The van der Waals surface area contributed by atoms with Gasteiger partial charge in [-0.05, 0) is 17.7 Å². The molecule has 2 heterocycles. The number of hydrogen-bond donors (Lipinski definition) is 2. The molecule has 3 aromatic rings. The van der Waals surface area contributed by atoms with Crippen LogP contribution in [0.2, 0.25) is 0 Å². The Morgan fingerprint density at radius 2 is 1.76 bits per heavy atom. The van der Waals surface area contributed by atoms with Gasteiger partial charge in [0.25, 0.3) is 5.91 Å². The molecule has 1 aliphatic heterocycles. The van der Waals surface area contributed by atoms with E-state index in [-0.39, 0.29) is 5.91 Å². The molecule has 0 fully saturated rings. The van der Waals surface area contributed by atoms with E-state index in [1.807, 2.05) is 24.3 Å². The van der Waals surface area contributed by atoms with Crippen molar-refractivity contribution in [2.45, 2.75) is 19.5 Å². The normalized spacial score (nSPS) is 15.4. The Kier molecular flexibility index (Phi) is 5.74. The summed E-state index contributed by atoms with van der Waals surface area (Å²) in [5.41, 5.74) is 3.39. The van der Waals surface area contributed by atoms with Crippen molar-refractivity contribution in [3.05, 3.63) is 87.8 Å². The number of carbonyl (C=O) groups is 2. The van der Waals surface area contributed by atoms with Gasteiger partial charge in [-0.3, -0.25) is 4.79 Å². The van der Waals surface area contributed by atoms with Crippen molar-refractivity contribution in [3.63, 3.8) is 0 Å². The lowest BCUT2D eigenvalue weighted by molar-refractivity contribution is -0.929. The highest BCUT2D eigenvalue weighted by Gasteiger charge is 2.31. The number of esters is 1. The number of methoxy groups -OCH3 is 1. The Morgan fingerprint density at radius 3 is 2.45 bits per heavy atom. The largest absolute Gasteiger partial charge is 0.465 e. The molecule has 1 amide bonds. The fraction of sp³-hybridized carbons (Fsp3) is 0.217. The highest BCUT2D eigenvalue weighted by atomic mass is 32.1. The van der Waals surface area contributed by atoms with Crippen LogP contribution in [0.4, 0.5) is 5.00 Å². The third-order valence-electron chi connectivity index (χ3n) is 5.18. The molecular weight excluding hydrogens is 384 g/mol. The minimum Gasteiger partial charge on any atom is -0.465 e. The Labute approximate surface area is 173 Å². The summed E-state index contributed by atoms with van der Waals surface area (Å²) in [6.45, 7) is 2.71. The van der Waals surface area contributed by atoms with E-state index in [1.54, 1.807) is 12.1 Å². The fourth-order valence-electron chi connectivity index (χ4n) is 3.74. The van der Waals surface area contributed by atoms with Crippen molar-refractivity contribution < 1.29 is 19.2 Å². The van der Waals surface area contributed by atoms with Gasteiger partial charge in [-0.15, -0.1) is 11.3 Å². The minimum atomic E-state index is -0.391. The topological polar surface area (TPSA) is 59.8 Å². The molecule has 1 aromatic heterocycles. The molecule has 1 atom stereocenters. The van der Waals surface area contributed by atoms with E-state index >= 15 is 0 Å². The SMILES string of the molecule is COC(=O)c1c(NC(=O)c2ccccc2)sc2c1CC[NH+](Cc1ccccc1)C2. The average molecular weight is 408 g/mol. The predicted molar refractivity (Wildman–Crippen MR) is 113 cm³/mol. The number of thiophene rings is 1. The van der Waals surface area contributed by atoms with Crippen LogP contribution in [0.3, 0.4) is 0 Å². The van der Waals surface area contributed by atoms with Crippen LogP contribution in [-0.2, 0) is 24.2 Å². The maximum absolute atomic E-state index is 12.6. The van der Waals surface area contributed by atoms with Gasteiger partial charge in [0.15, 0.2) is 0 Å². The Balaban J connectivity index is 1.59. The van der Waals surface area contributed by atoms with E-state index < -0.39 is 5.97 Å². The van der Waals surface area contributed by atoms with Gasteiger partial charge in [0, 0.05) is 17.5 Å². The van der Waals surface area contributed by atoms with Crippen molar-refractivity contribution in [3.8, 4) is 0 Å². The Morgan fingerprint density at radius 1 is 1.07 bits per heavy atom. The first-order valence-corrected chi connectivity index (χ1v) is 10.4. The monoisotopic (exact) mass is 407 g/mol. The molecule has 0 bridgehead atoms. The van der Waals surface area contributed by atoms with Gasteiger partial charge in [0.05, 0.1) is 24.1 Å². The molecule has 0 spiro atoms. The van der Waals surface area contributed by atoms with Crippen LogP contribution >= 0.6 is 11.3 Å². The number of rotatable bonds is 5. The second-order valence-electron chi connectivity index (χ2n) is 7.11. The summed E-state index contributed by atoms with van der Waals surface area (Å²) in [5.74, 6) is -0.611. The molecule has 4 rings (SSSR count). The molecular formula is C23H23N2O3S+. The van der Waals surface area contributed by atoms with Gasteiger partial charge < -0.3 is 15.0 Å². The second-order valence-corrected chi connectivity index (χ2v) is 8.21. The highest BCUT2D eigenvalue weighted by molar-refractivity contribution is 7.17. The quantitative estimate of drug-likeness (QED) is 0.640. The molecule has 1 unspecified atom stereocenters. The smallest absolute Gasteiger partial charge is 0.341 e. The number of ether oxygens (including phenoxy) is 1. The van der Waals surface area contributed by atoms with Crippen molar-refractivity contribution in [1.82, 2.24) is 0 Å². The van der Waals surface area contributed by atoms with Crippen molar-refractivity contribution >= 4 is 28.2 Å². The number of hydrogen-bond acceptors (Lipinski definition) is 4. The number of carbonyl (C=O) groups excluding carboxylic acids is 2. The first-order valence-electron chi connectivity index (χ1n) is 9.62. The standard InChI is InChI=1S/C23H22N2O3S/c1-28-23(27)20-18-12-13-25(14-16-8-4-2-5-9-16)15-19(18)29-22(20)24-21(26)17-10-6-3-7-11-17/h2-11H,12-15H2,1H3,(H,24,26)/p+1. The number of anilines is 1. The summed E-state index contributed by atoms with van der Waals surface area (Å²) in [5, 5.41) is 3.51. The summed E-state index contributed by atoms with van der Waals surface area (Å²) in [4.78, 5) is 27.7. The molecule has 5 nitrogen and oxygen atoms in total. The lowest BCUT2D eigenvalue weighted by Crippen LogP contribution is -3.10. The van der Waals surface area contributed by atoms with Crippen LogP contribution < -0.4 is 10.2 Å². The Hall–Kier alpha value is -2.96. The third-order valence-corrected chi connectivity index (χ3v) is 6.33. The molecule has 0 radical (unpaired) electrons. The van der Waals surface area contributed by atoms with Crippen LogP contribution in [-0.4, -0.2) is 25.5 Å². The first kappa shape index (κ1) is 19.4. The van der Waals surface area contributed by atoms with Crippen molar-refractivity contribution in [2.75, 3.05) is 19.0 Å². The second kappa shape index (κ2) is 8.59. The maximum Gasteiger partial charge on any atom is 0.341 e. The van der Waals surface area contributed by atoms with Crippen molar-refractivity contribution in [2.24, 2.45) is 0 Å². The molecule has 2 N–H and O–H groups in total. The van der Waals surface area contributed by atoms with Gasteiger partial charge in [-0.2, -0.15) is 0 Å². The van der Waals surface area contributed by atoms with E-state index in [0.717, 1.165) is 36.5 Å². The molecule has 0 saturated carbocycles. The number of quaternary nitrogens is 1. The zero-order chi connectivity index (χ0) is 20.2. The summed E-state index contributed by atoms with van der Waals surface area (Å²) in [7, 11) is 1.38. The lowest BCUT2D eigenvalue weighted by atomic mass is 10.0. The summed E-state index contributed by atoms with van der Waals surface area (Å²) in [6.07, 6.45) is 0.791. The van der Waals surface area contributed by atoms with E-state index in [2.05, 4.69) is 29.6 Å². The number of benzene rings is 2. The lowest BCUT2D eigenvalue weighted by Gasteiger charge is -2.24. The van der Waals surface area contributed by atoms with Gasteiger partial charge >= 0.3 is 5.97 Å². The number of fused-ring (bicyclic) bond motifs is 1. The molecule has 148 valence electrons. The van der Waals surface area contributed by atoms with Crippen LogP contribution in [0.15, 0.2) is 60.7 Å². The molecule has 2 aromatic carbocycles. The fourth-order valence-corrected chi connectivity index (χ4v) is 5.05. The summed E-state index contributed by atoms with van der Waals surface area (Å²) in [6, 6.07) is 19.4. The van der Waals surface area contributed by atoms with E-state index in [4.69, 9.17) is 4.74 Å². The van der Waals surface area contributed by atoms with Crippen LogP contribution in [0, 0.1) is 0 Å². The summed E-state index contributed by atoms with van der Waals surface area (Å²) < 4.78 is 5.02. The highest BCUT2D eigenvalue weighted by Crippen LogP contribution is 2.35. The van der Waals surface area contributed by atoms with E-state index in [0.29, 0.717) is 16.1 Å². The van der Waals surface area contributed by atoms with Crippen LogP contribution in [0.1, 0.15) is 36.7 Å². The van der Waals surface area contributed by atoms with Gasteiger partial charge in [0.2, 0.25) is 0 Å². The third kappa shape index (κ3) is 4.23. The minimum absolute atomic E-state index is 0.220. The first-order chi connectivity index (χ1) is 14.2. The molecule has 0 saturated heterocycles. The Bertz CT molecular complexity index is 1020.